The number of rotatable bonds is 8. The fourth-order valence-corrected chi connectivity index (χ4v) is 2.40. The molecule has 1 amide bonds. The molecule has 0 aromatic carbocycles. The summed E-state index contributed by atoms with van der Waals surface area (Å²) in [6.45, 7) is 3.97. The molecule has 0 radical (unpaired) electrons. The van der Waals surface area contributed by atoms with Gasteiger partial charge in [-0.05, 0) is 58.3 Å². The summed E-state index contributed by atoms with van der Waals surface area (Å²) in [5.74, 6) is 0.907. The monoisotopic (exact) mass is 255 g/mol. The van der Waals surface area contributed by atoms with Crippen molar-refractivity contribution < 1.29 is 4.79 Å². The number of amides is 1. The van der Waals surface area contributed by atoms with E-state index >= 15 is 0 Å². The number of carbonyl (C=O) groups excluding carboxylic acids is 1. The van der Waals surface area contributed by atoms with Crippen molar-refractivity contribution in [1.29, 1.82) is 0 Å². The summed E-state index contributed by atoms with van der Waals surface area (Å²) >= 11 is 0. The van der Waals surface area contributed by atoms with Gasteiger partial charge >= 0.3 is 0 Å². The number of nitrogens with one attached hydrogen (secondary N) is 1. The van der Waals surface area contributed by atoms with Crippen LogP contribution in [0.5, 0.6) is 0 Å². The molecule has 106 valence electrons. The van der Waals surface area contributed by atoms with Crippen LogP contribution in [0.4, 0.5) is 0 Å². The number of nitrogens with zero attached hydrogens (tertiary/aromatic N) is 1. The van der Waals surface area contributed by atoms with E-state index in [9.17, 15) is 4.79 Å². The molecule has 0 aromatic heterocycles. The van der Waals surface area contributed by atoms with Crippen LogP contribution in [0.15, 0.2) is 0 Å². The van der Waals surface area contributed by atoms with Crippen molar-refractivity contribution in [2.45, 2.75) is 44.9 Å². The third-order valence-electron chi connectivity index (χ3n) is 3.78. The first-order valence-corrected chi connectivity index (χ1v) is 7.37. The Balaban J connectivity index is 1.96. The Morgan fingerprint density at radius 3 is 2.56 bits per heavy atom. The molecule has 0 atom stereocenters. The lowest BCUT2D eigenvalue weighted by Gasteiger charge is -2.28. The zero-order chi connectivity index (χ0) is 13.2. The highest BCUT2D eigenvalue weighted by Gasteiger charge is 2.16. The molecule has 0 saturated carbocycles. The van der Waals surface area contributed by atoms with E-state index in [0.717, 1.165) is 38.8 Å². The third-order valence-corrected chi connectivity index (χ3v) is 3.78. The lowest BCUT2D eigenvalue weighted by atomic mass is 9.97. The molecule has 1 aliphatic rings. The number of unbranched alkanes of at least 4 members (excludes halogenated alkanes) is 3. The van der Waals surface area contributed by atoms with Crippen LogP contribution < -0.4 is 11.1 Å². The van der Waals surface area contributed by atoms with Crippen LogP contribution in [0.1, 0.15) is 44.9 Å². The minimum Gasteiger partial charge on any atom is -0.356 e. The van der Waals surface area contributed by atoms with Crippen LogP contribution in [0.25, 0.3) is 0 Å². The summed E-state index contributed by atoms with van der Waals surface area (Å²) in [6.07, 6.45) is 7.46. The topological polar surface area (TPSA) is 58.4 Å². The minimum absolute atomic E-state index is 0.224. The molecule has 0 bridgehead atoms. The molecule has 0 aliphatic carbocycles. The van der Waals surface area contributed by atoms with Gasteiger partial charge in [-0.1, -0.05) is 12.8 Å². The summed E-state index contributed by atoms with van der Waals surface area (Å²) in [5.41, 5.74) is 5.43. The fraction of sp³-hybridized carbons (Fsp3) is 0.929. The molecule has 1 fully saturated rings. The van der Waals surface area contributed by atoms with Crippen molar-refractivity contribution in [3.05, 3.63) is 0 Å². The van der Waals surface area contributed by atoms with Crippen molar-refractivity contribution in [3.8, 4) is 0 Å². The number of piperidine rings is 1. The molecule has 0 aromatic rings. The Labute approximate surface area is 111 Å². The standard InChI is InChI=1S/C14H29N3O/c1-17-10-7-13(8-11-17)12-16-14(18)6-4-2-3-5-9-15/h13H,2-12,15H2,1H3,(H,16,18). The Kier molecular flexibility index (Phi) is 8.01. The van der Waals surface area contributed by atoms with Crippen molar-refractivity contribution in [3.63, 3.8) is 0 Å². The summed E-state index contributed by atoms with van der Waals surface area (Å²) in [7, 11) is 2.16. The van der Waals surface area contributed by atoms with Gasteiger partial charge in [-0.15, -0.1) is 0 Å². The second kappa shape index (κ2) is 9.34. The molecule has 1 saturated heterocycles. The molecule has 3 N–H and O–H groups in total. The highest BCUT2D eigenvalue weighted by molar-refractivity contribution is 5.75. The zero-order valence-corrected chi connectivity index (χ0v) is 11.8. The summed E-state index contributed by atoms with van der Waals surface area (Å²) in [4.78, 5) is 14.0. The Morgan fingerprint density at radius 2 is 1.89 bits per heavy atom. The van der Waals surface area contributed by atoms with E-state index in [2.05, 4.69) is 17.3 Å². The largest absolute Gasteiger partial charge is 0.356 e. The van der Waals surface area contributed by atoms with Crippen LogP contribution in [-0.2, 0) is 4.79 Å². The quantitative estimate of drug-likeness (QED) is 0.644. The van der Waals surface area contributed by atoms with Gasteiger partial charge in [-0.3, -0.25) is 4.79 Å². The molecule has 4 heteroatoms. The second-order valence-corrected chi connectivity index (χ2v) is 5.50. The van der Waals surface area contributed by atoms with Crippen LogP contribution in [0.2, 0.25) is 0 Å². The number of carbonyl (C=O) groups is 1. The summed E-state index contributed by atoms with van der Waals surface area (Å²) < 4.78 is 0. The van der Waals surface area contributed by atoms with Gasteiger partial charge < -0.3 is 16.0 Å². The average Bonchev–Trinajstić information content (AvgIpc) is 2.38. The zero-order valence-electron chi connectivity index (χ0n) is 11.8. The number of nitrogens with two attached hydrogens (primary N) is 1. The Morgan fingerprint density at radius 1 is 1.22 bits per heavy atom. The van der Waals surface area contributed by atoms with Crippen LogP contribution in [0, 0.1) is 5.92 Å². The first-order chi connectivity index (χ1) is 8.72. The van der Waals surface area contributed by atoms with Gasteiger partial charge in [0.05, 0.1) is 0 Å². The highest BCUT2D eigenvalue weighted by Crippen LogP contribution is 2.14. The molecule has 0 unspecified atom stereocenters. The van der Waals surface area contributed by atoms with Crippen LogP contribution >= 0.6 is 0 Å². The number of hydrogen-bond donors (Lipinski definition) is 2. The maximum atomic E-state index is 11.6. The summed E-state index contributed by atoms with van der Waals surface area (Å²) in [5, 5.41) is 3.08. The molecule has 0 spiro atoms. The molecule has 1 aliphatic heterocycles. The smallest absolute Gasteiger partial charge is 0.220 e. The van der Waals surface area contributed by atoms with Crippen molar-refractivity contribution >= 4 is 5.91 Å². The van der Waals surface area contributed by atoms with Gasteiger partial charge in [0.25, 0.3) is 0 Å². The fourth-order valence-electron chi connectivity index (χ4n) is 2.40. The predicted molar refractivity (Wildman–Crippen MR) is 75.4 cm³/mol. The van der Waals surface area contributed by atoms with Crippen molar-refractivity contribution in [2.24, 2.45) is 11.7 Å². The predicted octanol–water partition coefficient (Wildman–Crippen LogP) is 1.35. The van der Waals surface area contributed by atoms with E-state index in [4.69, 9.17) is 5.73 Å². The molecular formula is C14H29N3O. The molecule has 4 nitrogen and oxygen atoms in total. The molecule has 18 heavy (non-hydrogen) atoms. The van der Waals surface area contributed by atoms with E-state index in [1.807, 2.05) is 0 Å². The third kappa shape index (κ3) is 6.97. The van der Waals surface area contributed by atoms with Crippen molar-refractivity contribution in [1.82, 2.24) is 10.2 Å². The van der Waals surface area contributed by atoms with E-state index in [-0.39, 0.29) is 5.91 Å². The maximum Gasteiger partial charge on any atom is 0.220 e. The summed E-state index contributed by atoms with van der Waals surface area (Å²) in [6, 6.07) is 0. The van der Waals surface area contributed by atoms with Gasteiger partial charge in [0.15, 0.2) is 0 Å². The first-order valence-electron chi connectivity index (χ1n) is 7.37. The van der Waals surface area contributed by atoms with Crippen molar-refractivity contribution in [2.75, 3.05) is 33.2 Å². The SMILES string of the molecule is CN1CCC(CNC(=O)CCCCCCN)CC1. The highest BCUT2D eigenvalue weighted by atomic mass is 16.1. The van der Waals surface area contributed by atoms with Gasteiger partial charge in [0.1, 0.15) is 0 Å². The lowest BCUT2D eigenvalue weighted by Crippen LogP contribution is -2.36. The van der Waals surface area contributed by atoms with E-state index in [1.165, 1.54) is 25.9 Å². The van der Waals surface area contributed by atoms with E-state index < -0.39 is 0 Å². The number of likely N-dealkylation sites (tertiary alicyclic amines) is 1. The van der Waals surface area contributed by atoms with E-state index in [0.29, 0.717) is 12.3 Å². The Hall–Kier alpha value is -0.610. The van der Waals surface area contributed by atoms with E-state index in [1.54, 1.807) is 0 Å². The Bertz CT molecular complexity index is 225. The average molecular weight is 255 g/mol. The molecule has 1 heterocycles. The van der Waals surface area contributed by atoms with Gasteiger partial charge in [-0.2, -0.15) is 0 Å². The van der Waals surface area contributed by atoms with Crippen LogP contribution in [-0.4, -0.2) is 44.0 Å². The molecule has 1 rings (SSSR count). The second-order valence-electron chi connectivity index (χ2n) is 5.50. The van der Waals surface area contributed by atoms with Gasteiger partial charge in [-0.25, -0.2) is 0 Å². The van der Waals surface area contributed by atoms with Crippen LogP contribution in [0.3, 0.4) is 0 Å². The molecular weight excluding hydrogens is 226 g/mol. The maximum absolute atomic E-state index is 11.6. The van der Waals surface area contributed by atoms with Gasteiger partial charge in [0, 0.05) is 13.0 Å². The normalized spacial score (nSPS) is 17.9. The lowest BCUT2D eigenvalue weighted by molar-refractivity contribution is -0.121. The number of hydrogen-bond acceptors (Lipinski definition) is 3. The van der Waals surface area contributed by atoms with Gasteiger partial charge in [0.2, 0.25) is 5.91 Å². The first kappa shape index (κ1) is 15.4. The minimum atomic E-state index is 0.224.